The van der Waals surface area contributed by atoms with Crippen molar-refractivity contribution in [1.29, 1.82) is 0 Å². The van der Waals surface area contributed by atoms with Crippen molar-refractivity contribution >= 4 is 11.7 Å². The van der Waals surface area contributed by atoms with Crippen LogP contribution in [0.15, 0.2) is 24.3 Å². The number of likely N-dealkylation sites (tertiary alicyclic amines) is 2. The van der Waals surface area contributed by atoms with Gasteiger partial charge in [-0.15, -0.1) is 0 Å². The lowest BCUT2D eigenvalue weighted by Gasteiger charge is -2.45. The minimum Gasteiger partial charge on any atom is -0.492 e. The first-order valence-corrected chi connectivity index (χ1v) is 8.79. The number of nitrogens with zero attached hydrogens (tertiary/aromatic N) is 2. The van der Waals surface area contributed by atoms with Crippen LogP contribution in [0.25, 0.3) is 0 Å². The largest absolute Gasteiger partial charge is 0.492 e. The first-order chi connectivity index (χ1) is 11.3. The summed E-state index contributed by atoms with van der Waals surface area (Å²) in [7, 11) is 0. The molecule has 3 rings (SSSR count). The van der Waals surface area contributed by atoms with E-state index in [1.165, 1.54) is 38.8 Å². The summed E-state index contributed by atoms with van der Waals surface area (Å²) in [5.74, 6) is 0.730. The fourth-order valence-corrected chi connectivity index (χ4v) is 3.36. The van der Waals surface area contributed by atoms with Crippen molar-refractivity contribution in [2.45, 2.75) is 38.6 Å². The molecule has 0 spiro atoms. The summed E-state index contributed by atoms with van der Waals surface area (Å²) in [5, 5.41) is 2.98. The van der Waals surface area contributed by atoms with Crippen LogP contribution in [0, 0.1) is 0 Å². The van der Waals surface area contributed by atoms with E-state index in [2.05, 4.69) is 10.2 Å². The maximum absolute atomic E-state index is 12.4. The molecule has 5 nitrogen and oxygen atoms in total. The molecule has 0 radical (unpaired) electrons. The fraction of sp³-hybridized carbons (Fsp3) is 0.611. The molecule has 0 unspecified atom stereocenters. The van der Waals surface area contributed by atoms with Crippen LogP contribution in [-0.4, -0.2) is 54.7 Å². The van der Waals surface area contributed by atoms with Crippen LogP contribution in [0.3, 0.4) is 0 Å². The van der Waals surface area contributed by atoms with Crippen molar-refractivity contribution in [3.05, 3.63) is 24.3 Å². The van der Waals surface area contributed by atoms with E-state index < -0.39 is 0 Å². The molecule has 2 fully saturated rings. The molecule has 2 amide bonds. The number of hydrogen-bond acceptors (Lipinski definition) is 3. The molecule has 1 aromatic rings. The van der Waals surface area contributed by atoms with Crippen LogP contribution < -0.4 is 10.1 Å². The second kappa shape index (κ2) is 7.68. The molecule has 126 valence electrons. The molecule has 1 N–H and O–H groups in total. The molecule has 2 aliphatic rings. The first-order valence-electron chi connectivity index (χ1n) is 8.79. The summed E-state index contributed by atoms with van der Waals surface area (Å²) in [4.78, 5) is 16.8. The number of benzene rings is 1. The van der Waals surface area contributed by atoms with E-state index in [-0.39, 0.29) is 6.03 Å². The highest BCUT2D eigenvalue weighted by Crippen LogP contribution is 2.25. The second-order valence-electron chi connectivity index (χ2n) is 6.37. The highest BCUT2D eigenvalue weighted by atomic mass is 16.5. The number of urea groups is 1. The number of ether oxygens (including phenoxy) is 1. The van der Waals surface area contributed by atoms with Crippen molar-refractivity contribution in [2.75, 3.05) is 38.1 Å². The Balaban J connectivity index is 1.51. The molecule has 5 heteroatoms. The number of amides is 2. The van der Waals surface area contributed by atoms with Crippen LogP contribution in [0.5, 0.6) is 5.75 Å². The molecule has 23 heavy (non-hydrogen) atoms. The molecule has 0 aliphatic carbocycles. The van der Waals surface area contributed by atoms with Gasteiger partial charge in [-0.1, -0.05) is 25.0 Å². The minimum absolute atomic E-state index is 0.0248. The van der Waals surface area contributed by atoms with Crippen molar-refractivity contribution in [1.82, 2.24) is 9.80 Å². The van der Waals surface area contributed by atoms with Crippen LogP contribution in [0.2, 0.25) is 0 Å². The number of rotatable bonds is 4. The average Bonchev–Trinajstić information content (AvgIpc) is 2.77. The minimum atomic E-state index is -0.0248. The Labute approximate surface area is 138 Å². The third-order valence-electron chi connectivity index (χ3n) is 4.74. The van der Waals surface area contributed by atoms with Gasteiger partial charge in [0.15, 0.2) is 0 Å². The normalized spacial score (nSPS) is 19.8. The van der Waals surface area contributed by atoms with Crippen molar-refractivity contribution in [3.8, 4) is 5.75 Å². The zero-order chi connectivity index (χ0) is 16.1. The summed E-state index contributed by atoms with van der Waals surface area (Å²) >= 11 is 0. The Morgan fingerprint density at radius 3 is 2.57 bits per heavy atom. The predicted octanol–water partition coefficient (Wildman–Crippen LogP) is 3.18. The second-order valence-corrected chi connectivity index (χ2v) is 6.37. The monoisotopic (exact) mass is 317 g/mol. The van der Waals surface area contributed by atoms with Gasteiger partial charge in [-0.25, -0.2) is 4.79 Å². The summed E-state index contributed by atoms with van der Waals surface area (Å²) in [6.45, 7) is 6.58. The van der Waals surface area contributed by atoms with Crippen LogP contribution in [-0.2, 0) is 0 Å². The molecule has 0 saturated carbocycles. The molecule has 2 aliphatic heterocycles. The standard InChI is InChI=1S/C18H27N3O2/c1-2-23-17-10-6-5-9-16(17)19-18(22)21-13-15(14-21)20-11-7-3-4-8-12-20/h5-6,9-10,15H,2-4,7-8,11-14H2,1H3,(H,19,22). The number of nitrogens with one attached hydrogen (secondary N) is 1. The van der Waals surface area contributed by atoms with Gasteiger partial charge in [0.05, 0.1) is 12.3 Å². The molecule has 2 saturated heterocycles. The Bertz CT molecular complexity index is 521. The zero-order valence-electron chi connectivity index (χ0n) is 14.0. The van der Waals surface area contributed by atoms with Gasteiger partial charge in [-0.3, -0.25) is 4.90 Å². The van der Waals surface area contributed by atoms with E-state index in [1.54, 1.807) is 0 Å². The van der Waals surface area contributed by atoms with E-state index >= 15 is 0 Å². The molecular weight excluding hydrogens is 290 g/mol. The maximum Gasteiger partial charge on any atom is 0.322 e. The van der Waals surface area contributed by atoms with Crippen LogP contribution >= 0.6 is 0 Å². The van der Waals surface area contributed by atoms with Crippen molar-refractivity contribution < 1.29 is 9.53 Å². The van der Waals surface area contributed by atoms with E-state index in [0.717, 1.165) is 24.5 Å². The van der Waals surface area contributed by atoms with Crippen molar-refractivity contribution in [2.24, 2.45) is 0 Å². The van der Waals surface area contributed by atoms with Gasteiger partial charge in [0.1, 0.15) is 5.75 Å². The van der Waals surface area contributed by atoms with Crippen LogP contribution in [0.1, 0.15) is 32.6 Å². The van der Waals surface area contributed by atoms with Gasteiger partial charge in [-0.05, 0) is 45.0 Å². The van der Waals surface area contributed by atoms with Gasteiger partial charge >= 0.3 is 6.03 Å². The molecule has 0 aromatic heterocycles. The molecule has 2 heterocycles. The first kappa shape index (κ1) is 16.1. The SMILES string of the molecule is CCOc1ccccc1NC(=O)N1CC(N2CCCCCC2)C1. The van der Waals surface area contributed by atoms with Gasteiger partial charge in [0.2, 0.25) is 0 Å². The predicted molar refractivity (Wildman–Crippen MR) is 92.0 cm³/mol. The summed E-state index contributed by atoms with van der Waals surface area (Å²) in [6, 6.07) is 8.11. The van der Waals surface area contributed by atoms with Gasteiger partial charge in [-0.2, -0.15) is 0 Å². The smallest absolute Gasteiger partial charge is 0.322 e. The Morgan fingerprint density at radius 2 is 1.87 bits per heavy atom. The van der Waals surface area contributed by atoms with E-state index in [1.807, 2.05) is 36.1 Å². The summed E-state index contributed by atoms with van der Waals surface area (Å²) in [5.41, 5.74) is 0.748. The zero-order valence-corrected chi connectivity index (χ0v) is 14.0. The lowest BCUT2D eigenvalue weighted by atomic mass is 10.1. The van der Waals surface area contributed by atoms with E-state index in [4.69, 9.17) is 4.74 Å². The lowest BCUT2D eigenvalue weighted by molar-refractivity contribution is 0.0638. The Hall–Kier alpha value is -1.75. The number of carbonyl (C=O) groups is 1. The fourth-order valence-electron chi connectivity index (χ4n) is 3.36. The summed E-state index contributed by atoms with van der Waals surface area (Å²) < 4.78 is 5.56. The number of carbonyl (C=O) groups excluding carboxylic acids is 1. The van der Waals surface area contributed by atoms with Crippen LogP contribution in [0.4, 0.5) is 10.5 Å². The number of hydrogen-bond donors (Lipinski definition) is 1. The highest BCUT2D eigenvalue weighted by Gasteiger charge is 2.35. The van der Waals surface area contributed by atoms with Gasteiger partial charge < -0.3 is 15.0 Å². The highest BCUT2D eigenvalue weighted by molar-refractivity contribution is 5.91. The average molecular weight is 317 g/mol. The van der Waals surface area contributed by atoms with Gasteiger partial charge in [0.25, 0.3) is 0 Å². The third-order valence-corrected chi connectivity index (χ3v) is 4.74. The Kier molecular flexibility index (Phi) is 5.39. The third kappa shape index (κ3) is 3.96. The maximum atomic E-state index is 12.4. The van der Waals surface area contributed by atoms with Crippen molar-refractivity contribution in [3.63, 3.8) is 0 Å². The quantitative estimate of drug-likeness (QED) is 0.927. The number of anilines is 1. The Morgan fingerprint density at radius 1 is 1.17 bits per heavy atom. The molecule has 0 bridgehead atoms. The van der Waals surface area contributed by atoms with E-state index in [0.29, 0.717) is 12.6 Å². The lowest BCUT2D eigenvalue weighted by Crippen LogP contribution is -2.62. The molecule has 0 atom stereocenters. The summed E-state index contributed by atoms with van der Waals surface area (Å²) in [6.07, 6.45) is 5.29. The molecule has 1 aromatic carbocycles. The molecular formula is C18H27N3O2. The van der Waals surface area contributed by atoms with E-state index in [9.17, 15) is 4.79 Å². The number of para-hydroxylation sites is 2. The van der Waals surface area contributed by atoms with Gasteiger partial charge in [0, 0.05) is 19.1 Å². The topological polar surface area (TPSA) is 44.8 Å².